The lowest BCUT2D eigenvalue weighted by molar-refractivity contribution is -0.159. The molecule has 1 atom stereocenters. The van der Waals surface area contributed by atoms with Crippen molar-refractivity contribution in [1.82, 2.24) is 0 Å². The van der Waals surface area contributed by atoms with Gasteiger partial charge < -0.3 is 20.1 Å². The van der Waals surface area contributed by atoms with Gasteiger partial charge in [-0.1, -0.05) is 0 Å². The summed E-state index contributed by atoms with van der Waals surface area (Å²) in [5, 5.41) is 27.0. The summed E-state index contributed by atoms with van der Waals surface area (Å²) in [7, 11) is 0. The Balaban J connectivity index is 4.43. The highest BCUT2D eigenvalue weighted by molar-refractivity contribution is 7.81. The Kier molecular flexibility index (Phi) is 6.10. The van der Waals surface area contributed by atoms with E-state index >= 15 is 0 Å². The van der Waals surface area contributed by atoms with E-state index in [0.717, 1.165) is 0 Å². The lowest BCUT2D eigenvalue weighted by atomic mass is 9.85. The van der Waals surface area contributed by atoms with Crippen LogP contribution in [-0.2, 0) is 9.53 Å². The summed E-state index contributed by atoms with van der Waals surface area (Å²) >= 11 is 3.71. The van der Waals surface area contributed by atoms with E-state index in [-0.39, 0.29) is 5.75 Å². The van der Waals surface area contributed by atoms with Crippen molar-refractivity contribution in [3.63, 3.8) is 0 Å². The van der Waals surface area contributed by atoms with Gasteiger partial charge in [-0.05, 0) is 6.92 Å². The highest BCUT2D eigenvalue weighted by Crippen LogP contribution is 2.23. The fourth-order valence-electron chi connectivity index (χ4n) is 0.895. The van der Waals surface area contributed by atoms with Crippen LogP contribution in [0.5, 0.6) is 0 Å². The first-order valence-electron chi connectivity index (χ1n) is 4.19. The molecule has 5 nitrogen and oxygen atoms in total. The number of rotatable bonds is 6. The highest BCUT2D eigenvalue weighted by atomic mass is 32.1. The van der Waals surface area contributed by atoms with Gasteiger partial charge in [0.15, 0.2) is 0 Å². The van der Waals surface area contributed by atoms with Gasteiger partial charge in [0.05, 0.1) is 31.0 Å². The second kappa shape index (κ2) is 6.23. The van der Waals surface area contributed by atoms with Gasteiger partial charge in [0, 0.05) is 0 Å². The molecule has 14 heavy (non-hydrogen) atoms. The molecule has 0 saturated heterocycles. The maximum atomic E-state index is 10.9. The van der Waals surface area contributed by atoms with Crippen molar-refractivity contribution in [3.8, 4) is 0 Å². The summed E-state index contributed by atoms with van der Waals surface area (Å²) < 4.78 is 4.84. The van der Waals surface area contributed by atoms with Crippen LogP contribution in [-0.4, -0.2) is 53.0 Å². The molecule has 0 aromatic carbocycles. The first-order valence-corrected chi connectivity index (χ1v) is 4.82. The largest absolute Gasteiger partial charge is 0.461 e. The van der Waals surface area contributed by atoms with E-state index in [9.17, 15) is 4.79 Å². The molecule has 84 valence electrons. The molecule has 0 aliphatic carbocycles. The van der Waals surface area contributed by atoms with Crippen LogP contribution >= 0.6 is 12.6 Å². The summed E-state index contributed by atoms with van der Waals surface area (Å²) in [5.41, 5.74) is -1.20. The molecule has 0 aliphatic heterocycles. The number of esters is 1. The molecule has 0 heterocycles. The maximum absolute atomic E-state index is 10.9. The number of aliphatic hydroxyl groups is 3. The summed E-state index contributed by atoms with van der Waals surface area (Å²) in [6, 6.07) is 0. The van der Waals surface area contributed by atoms with Crippen LogP contribution in [0.1, 0.15) is 6.92 Å². The van der Waals surface area contributed by atoms with Gasteiger partial charge in [0.25, 0.3) is 0 Å². The van der Waals surface area contributed by atoms with Gasteiger partial charge in [-0.2, -0.15) is 12.6 Å². The van der Waals surface area contributed by atoms with Crippen molar-refractivity contribution in [2.45, 2.75) is 13.0 Å². The number of aliphatic hydroxyl groups excluding tert-OH is 3. The second-order valence-electron chi connectivity index (χ2n) is 3.13. The lowest BCUT2D eigenvalue weighted by Crippen LogP contribution is -2.46. The van der Waals surface area contributed by atoms with Crippen LogP contribution in [0.15, 0.2) is 0 Å². The van der Waals surface area contributed by atoms with E-state index in [4.69, 9.17) is 20.1 Å². The normalized spacial score (nSPS) is 13.8. The van der Waals surface area contributed by atoms with Crippen molar-refractivity contribution < 1.29 is 24.9 Å². The molecule has 0 amide bonds. The van der Waals surface area contributed by atoms with E-state index in [1.54, 1.807) is 0 Å². The van der Waals surface area contributed by atoms with Crippen molar-refractivity contribution >= 4 is 18.6 Å². The summed E-state index contributed by atoms with van der Waals surface area (Å²) in [5.74, 6) is -0.636. The average molecular weight is 224 g/mol. The molecule has 3 N–H and O–H groups in total. The molecule has 0 spiro atoms. The number of carbonyl (C=O) groups excluding carboxylic acids is 1. The van der Waals surface area contributed by atoms with Gasteiger partial charge >= 0.3 is 5.97 Å². The fraction of sp³-hybridized carbons (Fsp3) is 0.875. The maximum Gasteiger partial charge on any atom is 0.315 e. The molecule has 0 aromatic rings. The van der Waals surface area contributed by atoms with Crippen molar-refractivity contribution in [3.05, 3.63) is 0 Å². The van der Waals surface area contributed by atoms with Crippen molar-refractivity contribution in [2.24, 2.45) is 5.41 Å². The number of carbonyl (C=O) groups is 1. The smallest absolute Gasteiger partial charge is 0.315 e. The Labute approximate surface area is 88.1 Å². The van der Waals surface area contributed by atoms with Crippen molar-refractivity contribution in [1.29, 1.82) is 0 Å². The Morgan fingerprint density at radius 2 is 1.79 bits per heavy atom. The molecule has 0 radical (unpaired) electrons. The van der Waals surface area contributed by atoms with Gasteiger partial charge in [-0.3, -0.25) is 4.79 Å². The van der Waals surface area contributed by atoms with E-state index < -0.39 is 37.3 Å². The van der Waals surface area contributed by atoms with E-state index in [1.807, 2.05) is 0 Å². The first kappa shape index (κ1) is 13.7. The third kappa shape index (κ3) is 3.13. The van der Waals surface area contributed by atoms with Gasteiger partial charge in [0.1, 0.15) is 6.10 Å². The third-order valence-electron chi connectivity index (χ3n) is 2.24. The quantitative estimate of drug-likeness (QED) is 0.337. The Morgan fingerprint density at radius 3 is 2.07 bits per heavy atom. The molecular weight excluding hydrogens is 208 g/mol. The first-order chi connectivity index (χ1) is 6.56. The Morgan fingerprint density at radius 1 is 1.36 bits per heavy atom. The number of thiol groups is 1. The Hall–Kier alpha value is -0.300. The topological polar surface area (TPSA) is 87.0 Å². The van der Waals surface area contributed by atoms with Gasteiger partial charge in [-0.25, -0.2) is 0 Å². The molecule has 1 unspecified atom stereocenters. The third-order valence-corrected chi connectivity index (χ3v) is 2.50. The second-order valence-corrected chi connectivity index (χ2v) is 3.44. The molecule has 6 heteroatoms. The number of hydrogen-bond acceptors (Lipinski definition) is 6. The highest BCUT2D eigenvalue weighted by Gasteiger charge is 2.37. The summed E-state index contributed by atoms with van der Waals surface area (Å²) in [6.45, 7) is 0.132. The van der Waals surface area contributed by atoms with E-state index in [2.05, 4.69) is 12.6 Å². The molecule has 0 aromatic heterocycles. The Bertz CT molecular complexity index is 172. The predicted molar refractivity (Wildman–Crippen MR) is 53.1 cm³/mol. The fourth-order valence-corrected chi connectivity index (χ4v) is 0.970. The molecule has 0 fully saturated rings. The van der Waals surface area contributed by atoms with Crippen LogP contribution < -0.4 is 0 Å². The zero-order valence-electron chi connectivity index (χ0n) is 8.01. The molecular formula is C8H16O5S. The number of hydrogen-bond donors (Lipinski definition) is 4. The summed E-state index contributed by atoms with van der Waals surface area (Å²) in [6.07, 6.45) is -0.762. The predicted octanol–water partition coefficient (Wildman–Crippen LogP) is -1.19. The van der Waals surface area contributed by atoms with Crippen molar-refractivity contribution in [2.75, 3.05) is 25.6 Å². The lowest BCUT2D eigenvalue weighted by Gasteiger charge is -2.33. The average Bonchev–Trinajstić information content (AvgIpc) is 2.21. The van der Waals surface area contributed by atoms with Gasteiger partial charge in [0.2, 0.25) is 0 Å². The number of ether oxygens (including phenoxy) is 1. The van der Waals surface area contributed by atoms with Crippen LogP contribution in [0.4, 0.5) is 0 Å². The van der Waals surface area contributed by atoms with Crippen LogP contribution in [0.3, 0.4) is 0 Å². The minimum Gasteiger partial charge on any atom is -0.461 e. The summed E-state index contributed by atoms with van der Waals surface area (Å²) in [4.78, 5) is 10.9. The minimum absolute atomic E-state index is 0.0806. The van der Waals surface area contributed by atoms with Crippen LogP contribution in [0.2, 0.25) is 0 Å². The molecule has 0 aliphatic rings. The van der Waals surface area contributed by atoms with Crippen LogP contribution in [0, 0.1) is 5.41 Å². The monoisotopic (exact) mass is 224 g/mol. The standard InChI is InChI=1S/C8H16O5S/c1-6(13-7(12)2-14)8(3-9,4-10)5-11/h6,9-11,14H,2-5H2,1H3. The zero-order chi connectivity index (χ0) is 11.2. The zero-order valence-corrected chi connectivity index (χ0v) is 8.91. The van der Waals surface area contributed by atoms with E-state index in [1.165, 1.54) is 6.92 Å². The van der Waals surface area contributed by atoms with E-state index in [0.29, 0.717) is 0 Å². The molecule has 0 bridgehead atoms. The SMILES string of the molecule is CC(OC(=O)CS)C(CO)(CO)CO. The molecule has 0 rings (SSSR count). The molecule has 0 saturated carbocycles. The minimum atomic E-state index is -1.20. The van der Waals surface area contributed by atoms with Crippen LogP contribution in [0.25, 0.3) is 0 Å². The van der Waals surface area contributed by atoms with Gasteiger partial charge in [-0.15, -0.1) is 0 Å².